The Kier molecular flexibility index (Phi) is 6.58. The SMILES string of the molecule is Cn1[c-][n+](C2=Cc3c(ccn3-c3ccc4c5ccccc5n(-c5cc(C(C)(C)C)ccn5)c4c3)-c3ccccc3-c3ccccc32)c2ccccc21. The van der Waals surface area contributed by atoms with Gasteiger partial charge in [0.05, 0.1) is 34.8 Å². The van der Waals surface area contributed by atoms with E-state index >= 15 is 0 Å². The molecule has 9 aromatic rings. The highest BCUT2D eigenvalue weighted by molar-refractivity contribution is 6.09. The van der Waals surface area contributed by atoms with Gasteiger partial charge in [-0.1, -0.05) is 118 Å². The molecule has 0 bridgehead atoms. The zero-order valence-corrected chi connectivity index (χ0v) is 29.7. The molecule has 4 aromatic heterocycles. The third-order valence-electron chi connectivity index (χ3n) is 10.7. The third-order valence-corrected chi connectivity index (χ3v) is 10.7. The minimum absolute atomic E-state index is 0.00150. The van der Waals surface area contributed by atoms with Crippen LogP contribution in [0.25, 0.3) is 78.4 Å². The first-order valence-electron chi connectivity index (χ1n) is 17.9. The van der Waals surface area contributed by atoms with Crippen LogP contribution in [-0.2, 0) is 12.5 Å². The van der Waals surface area contributed by atoms with E-state index < -0.39 is 0 Å². The van der Waals surface area contributed by atoms with Gasteiger partial charge < -0.3 is 13.7 Å². The molecule has 5 heteroatoms. The predicted octanol–water partition coefficient (Wildman–Crippen LogP) is 10.5. The molecule has 0 unspecified atom stereocenters. The van der Waals surface area contributed by atoms with E-state index in [1.165, 1.54) is 38.6 Å². The molecule has 5 aromatic carbocycles. The summed E-state index contributed by atoms with van der Waals surface area (Å²) in [5, 5.41) is 2.42. The average molecular weight is 672 g/mol. The summed E-state index contributed by atoms with van der Waals surface area (Å²) >= 11 is 0. The molecular weight excluding hydrogens is 635 g/mol. The fraction of sp³-hybridized carbons (Fsp3) is 0.106. The zero-order chi connectivity index (χ0) is 35.1. The summed E-state index contributed by atoms with van der Waals surface area (Å²) < 4.78 is 8.97. The van der Waals surface area contributed by atoms with E-state index in [-0.39, 0.29) is 5.41 Å². The Labute approximate surface area is 303 Å². The maximum absolute atomic E-state index is 4.94. The Bertz CT molecular complexity index is 2900. The van der Waals surface area contributed by atoms with Gasteiger partial charge in [-0.05, 0) is 75.7 Å². The van der Waals surface area contributed by atoms with E-state index in [2.05, 4.69) is 198 Å². The first-order chi connectivity index (χ1) is 25.3. The van der Waals surface area contributed by atoms with Crippen molar-refractivity contribution in [1.82, 2.24) is 18.7 Å². The van der Waals surface area contributed by atoms with Crippen molar-refractivity contribution in [1.29, 1.82) is 0 Å². The molecule has 250 valence electrons. The van der Waals surface area contributed by atoms with Crippen LogP contribution >= 0.6 is 0 Å². The van der Waals surface area contributed by atoms with Crippen molar-refractivity contribution in [3.63, 3.8) is 0 Å². The minimum atomic E-state index is 0.00150. The monoisotopic (exact) mass is 671 g/mol. The second-order valence-corrected chi connectivity index (χ2v) is 14.8. The highest BCUT2D eigenvalue weighted by Crippen LogP contribution is 2.42. The molecule has 0 amide bonds. The van der Waals surface area contributed by atoms with E-state index in [9.17, 15) is 0 Å². The zero-order valence-electron chi connectivity index (χ0n) is 29.7. The highest BCUT2D eigenvalue weighted by atomic mass is 15.1. The Morgan fingerprint density at radius 2 is 1.27 bits per heavy atom. The molecule has 52 heavy (non-hydrogen) atoms. The van der Waals surface area contributed by atoms with E-state index in [1.807, 2.05) is 6.20 Å². The Balaban J connectivity index is 1.26. The number of rotatable bonds is 3. The largest absolute Gasteiger partial charge is 0.319 e. The summed E-state index contributed by atoms with van der Waals surface area (Å²) in [6.45, 7) is 6.76. The second kappa shape index (κ2) is 11.3. The van der Waals surface area contributed by atoms with Crippen molar-refractivity contribution in [3.8, 4) is 33.8 Å². The summed E-state index contributed by atoms with van der Waals surface area (Å²) in [6.07, 6.45) is 10.2. The lowest BCUT2D eigenvalue weighted by atomic mass is 9.88. The van der Waals surface area contributed by atoms with Gasteiger partial charge in [0.1, 0.15) is 5.82 Å². The number of pyridine rings is 1. The maximum atomic E-state index is 4.94. The molecule has 5 nitrogen and oxygen atoms in total. The van der Waals surface area contributed by atoms with Crippen LogP contribution in [0, 0.1) is 6.33 Å². The Hall–Kier alpha value is -6.46. The number of hydrogen-bond acceptors (Lipinski definition) is 1. The van der Waals surface area contributed by atoms with Gasteiger partial charge in [-0.2, -0.15) is 0 Å². The summed E-state index contributed by atoms with van der Waals surface area (Å²) in [7, 11) is 2.07. The molecule has 0 saturated carbocycles. The number of imidazole rings is 1. The third kappa shape index (κ3) is 4.55. The standard InChI is InChI=1S/C47H37N5/c1-47(2,3)31-23-25-48-46(27-31)52-40-18-10-9-17-37(40)38-22-21-32(28-45(38)52)50-26-24-39-35-15-6-5-13-33(35)34-14-7-8-16-36(34)44(29-43(39)50)51-30-49(4)41-19-11-12-20-42(41)51/h5-29H,1-4H3. The molecule has 1 aliphatic carbocycles. The molecule has 0 N–H and O–H groups in total. The summed E-state index contributed by atoms with van der Waals surface area (Å²) in [6, 6.07) is 48.2. The first-order valence-corrected chi connectivity index (χ1v) is 17.9. The number of fused-ring (bicyclic) bond motifs is 9. The second-order valence-electron chi connectivity index (χ2n) is 14.8. The van der Waals surface area contributed by atoms with Crippen molar-refractivity contribution in [2.24, 2.45) is 7.05 Å². The lowest BCUT2D eigenvalue weighted by molar-refractivity contribution is -0.555. The summed E-state index contributed by atoms with van der Waals surface area (Å²) in [4.78, 5) is 4.94. The van der Waals surface area contributed by atoms with Crippen LogP contribution in [0.3, 0.4) is 0 Å². The van der Waals surface area contributed by atoms with Gasteiger partial charge in [0, 0.05) is 40.1 Å². The average Bonchev–Trinajstić information content (AvgIpc) is 3.84. The van der Waals surface area contributed by atoms with Crippen LogP contribution in [0.4, 0.5) is 0 Å². The molecule has 0 spiro atoms. The van der Waals surface area contributed by atoms with Gasteiger partial charge in [0.2, 0.25) is 6.33 Å². The minimum Gasteiger partial charge on any atom is -0.319 e. The van der Waals surface area contributed by atoms with Crippen LogP contribution in [0.1, 0.15) is 37.6 Å². The van der Waals surface area contributed by atoms with Gasteiger partial charge >= 0.3 is 0 Å². The van der Waals surface area contributed by atoms with Gasteiger partial charge in [-0.25, -0.2) is 4.98 Å². The molecule has 1 aliphatic rings. The Morgan fingerprint density at radius 1 is 0.615 bits per heavy atom. The molecule has 4 heterocycles. The van der Waals surface area contributed by atoms with Crippen LogP contribution in [0.5, 0.6) is 0 Å². The highest BCUT2D eigenvalue weighted by Gasteiger charge is 2.24. The number of aryl methyl sites for hydroxylation is 1. The smallest absolute Gasteiger partial charge is 0.244 e. The summed E-state index contributed by atoms with van der Waals surface area (Å²) in [5.41, 5.74) is 15.0. The maximum Gasteiger partial charge on any atom is 0.244 e. The van der Waals surface area contributed by atoms with E-state index in [1.54, 1.807) is 0 Å². The lowest BCUT2D eigenvalue weighted by Gasteiger charge is -2.22. The van der Waals surface area contributed by atoms with E-state index in [0.29, 0.717) is 0 Å². The van der Waals surface area contributed by atoms with E-state index in [0.717, 1.165) is 50.5 Å². The first kappa shape index (κ1) is 30.4. The van der Waals surface area contributed by atoms with Crippen LogP contribution in [0.15, 0.2) is 146 Å². The normalized spacial score (nSPS) is 12.7. The summed E-state index contributed by atoms with van der Waals surface area (Å²) in [5.74, 6) is 0.925. The molecule has 0 fully saturated rings. The van der Waals surface area contributed by atoms with Gasteiger partial charge in [-0.15, -0.1) is 0 Å². The van der Waals surface area contributed by atoms with Crippen LogP contribution in [0.2, 0.25) is 0 Å². The molecule has 0 saturated heterocycles. The molecule has 0 radical (unpaired) electrons. The number of hydrogen-bond donors (Lipinski definition) is 0. The molecule has 0 aliphatic heterocycles. The number of benzene rings is 5. The fourth-order valence-corrected chi connectivity index (χ4v) is 8.07. The van der Waals surface area contributed by atoms with Crippen LogP contribution < -0.4 is 4.57 Å². The fourth-order valence-electron chi connectivity index (χ4n) is 8.07. The number of para-hydroxylation sites is 3. The predicted molar refractivity (Wildman–Crippen MR) is 213 cm³/mol. The molecule has 10 rings (SSSR count). The van der Waals surface area contributed by atoms with Crippen molar-refractivity contribution < 1.29 is 4.57 Å². The number of nitrogens with zero attached hydrogens (tertiary/aromatic N) is 5. The van der Waals surface area contributed by atoms with Gasteiger partial charge in [-0.3, -0.25) is 4.57 Å². The van der Waals surface area contributed by atoms with Crippen molar-refractivity contribution in [2.45, 2.75) is 26.2 Å². The van der Waals surface area contributed by atoms with Gasteiger partial charge in [0.25, 0.3) is 0 Å². The Morgan fingerprint density at radius 3 is 2.06 bits per heavy atom. The van der Waals surface area contributed by atoms with Crippen LogP contribution in [-0.4, -0.2) is 18.7 Å². The van der Waals surface area contributed by atoms with Crippen molar-refractivity contribution in [2.75, 3.05) is 0 Å². The quantitative estimate of drug-likeness (QED) is 0.136. The lowest BCUT2D eigenvalue weighted by Crippen LogP contribution is -2.32. The van der Waals surface area contributed by atoms with Crippen molar-refractivity contribution >= 4 is 44.6 Å². The topological polar surface area (TPSA) is 31.6 Å². The molecular formula is C47H37N5. The van der Waals surface area contributed by atoms with E-state index in [4.69, 9.17) is 4.98 Å². The van der Waals surface area contributed by atoms with Crippen molar-refractivity contribution in [3.05, 3.63) is 169 Å². The number of aromatic nitrogens is 5. The molecule has 0 atom stereocenters. The van der Waals surface area contributed by atoms with Gasteiger partial charge in [0.15, 0.2) is 0 Å².